The molecule has 4 unspecified atom stereocenters. The molecule has 0 heterocycles. The number of alkyl halides is 1. The van der Waals surface area contributed by atoms with E-state index in [2.05, 4.69) is 4.90 Å². The zero-order chi connectivity index (χ0) is 20.3. The smallest absolute Gasteiger partial charge is 0.267 e. The second kappa shape index (κ2) is 8.97. The molecule has 29 heavy (non-hydrogen) atoms. The molecule has 4 atom stereocenters. The summed E-state index contributed by atoms with van der Waals surface area (Å²) in [6.07, 6.45) is 12.7. The predicted octanol–water partition coefficient (Wildman–Crippen LogP) is 4.58. The maximum absolute atomic E-state index is 13.3. The number of hydroxylamine groups is 1. The molecule has 1 aromatic carbocycles. The fourth-order valence-corrected chi connectivity index (χ4v) is 6.40. The lowest BCUT2D eigenvalue weighted by Crippen LogP contribution is -2.49. The predicted molar refractivity (Wildman–Crippen MR) is 112 cm³/mol. The van der Waals surface area contributed by atoms with Crippen molar-refractivity contribution in [3.05, 3.63) is 41.5 Å². The van der Waals surface area contributed by atoms with Crippen LogP contribution in [0.3, 0.4) is 0 Å². The van der Waals surface area contributed by atoms with Gasteiger partial charge in [-0.15, -0.1) is 0 Å². The lowest BCUT2D eigenvalue weighted by atomic mass is 9.51. The first-order valence-corrected chi connectivity index (χ1v) is 11.1. The molecule has 1 aromatic rings. The van der Waals surface area contributed by atoms with Gasteiger partial charge in [0, 0.05) is 25.7 Å². The number of carbonyl (C=O) groups excluding carboxylic acids is 1. The Morgan fingerprint density at radius 2 is 2.03 bits per heavy atom. The summed E-state index contributed by atoms with van der Waals surface area (Å²) >= 11 is 0. The van der Waals surface area contributed by atoms with E-state index in [1.165, 1.54) is 56.6 Å². The standard InChI is InChI=1S/C24H33FN2O2/c25-11-12-27(16-19-3-1-18(2-4-19)6-8-23(28)26-29)17-24-10-9-21-7-5-20(14-24)13-22(21)15-24/h1-4,6,8,20-22,29H,5,7,9-17H2,(H,26,28)/b8-6+. The third-order valence-electron chi connectivity index (χ3n) is 7.59. The van der Waals surface area contributed by atoms with E-state index in [4.69, 9.17) is 5.21 Å². The molecule has 0 saturated heterocycles. The van der Waals surface area contributed by atoms with Crippen LogP contribution in [0.4, 0.5) is 4.39 Å². The minimum Gasteiger partial charge on any atom is -0.296 e. The van der Waals surface area contributed by atoms with Crippen LogP contribution in [0.25, 0.3) is 6.08 Å². The maximum atomic E-state index is 13.3. The fourth-order valence-electron chi connectivity index (χ4n) is 6.40. The first-order chi connectivity index (χ1) is 14.1. The first-order valence-electron chi connectivity index (χ1n) is 11.1. The summed E-state index contributed by atoms with van der Waals surface area (Å²) in [5.74, 6) is 2.24. The van der Waals surface area contributed by atoms with Crippen LogP contribution in [-0.2, 0) is 11.3 Å². The van der Waals surface area contributed by atoms with Crippen LogP contribution in [0.5, 0.6) is 0 Å². The van der Waals surface area contributed by atoms with Crippen molar-refractivity contribution in [3.8, 4) is 0 Å². The Morgan fingerprint density at radius 1 is 1.21 bits per heavy atom. The van der Waals surface area contributed by atoms with Gasteiger partial charge >= 0.3 is 0 Å². The molecule has 5 heteroatoms. The average molecular weight is 401 g/mol. The van der Waals surface area contributed by atoms with Crippen molar-refractivity contribution in [3.63, 3.8) is 0 Å². The van der Waals surface area contributed by atoms with E-state index in [0.29, 0.717) is 12.0 Å². The summed E-state index contributed by atoms with van der Waals surface area (Å²) in [5.41, 5.74) is 4.05. The highest BCUT2D eigenvalue weighted by atomic mass is 19.1. The van der Waals surface area contributed by atoms with Crippen molar-refractivity contribution in [1.82, 2.24) is 10.4 Å². The monoisotopic (exact) mass is 400 g/mol. The number of fused-ring (bicyclic) bond motifs is 2. The van der Waals surface area contributed by atoms with E-state index < -0.39 is 5.91 Å². The van der Waals surface area contributed by atoms with Gasteiger partial charge < -0.3 is 0 Å². The highest BCUT2D eigenvalue weighted by Gasteiger charge is 2.49. The number of hydrogen-bond donors (Lipinski definition) is 2. The Kier molecular flexibility index (Phi) is 6.35. The number of benzene rings is 1. The quantitative estimate of drug-likeness (QED) is 0.381. The highest BCUT2D eigenvalue weighted by Crippen LogP contribution is 2.58. The number of carbonyl (C=O) groups is 1. The van der Waals surface area contributed by atoms with Crippen molar-refractivity contribution >= 4 is 12.0 Å². The Bertz CT molecular complexity index is 731. The van der Waals surface area contributed by atoms with Crippen LogP contribution in [0.15, 0.2) is 30.3 Å². The molecule has 158 valence electrons. The Hall–Kier alpha value is -1.72. The topological polar surface area (TPSA) is 52.6 Å². The summed E-state index contributed by atoms with van der Waals surface area (Å²) in [7, 11) is 0. The number of halogens is 1. The zero-order valence-electron chi connectivity index (χ0n) is 17.2. The van der Waals surface area contributed by atoms with Crippen LogP contribution < -0.4 is 5.48 Å². The second-order valence-corrected chi connectivity index (χ2v) is 9.60. The van der Waals surface area contributed by atoms with Gasteiger partial charge in [-0.05, 0) is 78.9 Å². The Morgan fingerprint density at radius 3 is 2.79 bits per heavy atom. The Labute approximate surface area is 173 Å². The maximum Gasteiger partial charge on any atom is 0.267 e. The number of nitrogens with zero attached hydrogens (tertiary/aromatic N) is 1. The van der Waals surface area contributed by atoms with E-state index in [9.17, 15) is 9.18 Å². The first kappa shape index (κ1) is 20.5. The normalized spacial score (nSPS) is 30.8. The average Bonchev–Trinajstić information content (AvgIpc) is 2.71. The number of hydrogen-bond acceptors (Lipinski definition) is 3. The molecular formula is C24H33FN2O2. The third kappa shape index (κ3) is 4.89. The molecule has 0 spiro atoms. The lowest BCUT2D eigenvalue weighted by Gasteiger charge is -2.56. The summed E-state index contributed by atoms with van der Waals surface area (Å²) in [5, 5.41) is 8.55. The zero-order valence-corrected chi connectivity index (χ0v) is 17.2. The van der Waals surface area contributed by atoms with Crippen LogP contribution in [0.2, 0.25) is 0 Å². The molecule has 4 rings (SSSR count). The van der Waals surface area contributed by atoms with Gasteiger partial charge in [0.1, 0.15) is 6.67 Å². The van der Waals surface area contributed by atoms with Gasteiger partial charge in [0.05, 0.1) is 0 Å². The molecule has 1 amide bonds. The van der Waals surface area contributed by atoms with Crippen LogP contribution in [-0.4, -0.2) is 35.8 Å². The van der Waals surface area contributed by atoms with Crippen LogP contribution in [0.1, 0.15) is 56.1 Å². The van der Waals surface area contributed by atoms with E-state index in [1.807, 2.05) is 24.3 Å². The summed E-state index contributed by atoms with van der Waals surface area (Å²) in [6.45, 7) is 1.99. The molecule has 4 nitrogen and oxygen atoms in total. The molecule has 2 N–H and O–H groups in total. The van der Waals surface area contributed by atoms with Crippen molar-refractivity contribution in [2.24, 2.45) is 23.2 Å². The SMILES string of the molecule is O=C(/C=C/c1ccc(CN(CCF)CC23CCC4CCC(CC4C2)C3)cc1)NO. The Balaban J connectivity index is 1.40. The third-order valence-corrected chi connectivity index (χ3v) is 7.59. The number of rotatable bonds is 8. The van der Waals surface area contributed by atoms with E-state index in [1.54, 1.807) is 11.6 Å². The van der Waals surface area contributed by atoms with Crippen molar-refractivity contribution in [1.29, 1.82) is 0 Å². The summed E-state index contributed by atoms with van der Waals surface area (Å²) in [4.78, 5) is 13.4. The largest absolute Gasteiger partial charge is 0.296 e. The molecule has 0 aliphatic heterocycles. The van der Waals surface area contributed by atoms with Gasteiger partial charge in [0.2, 0.25) is 0 Å². The number of nitrogens with one attached hydrogen (secondary N) is 1. The summed E-state index contributed by atoms with van der Waals surface area (Å²) in [6, 6.07) is 8.01. The molecule has 3 bridgehead atoms. The van der Waals surface area contributed by atoms with Gasteiger partial charge in [0.15, 0.2) is 0 Å². The fraction of sp³-hybridized carbons (Fsp3) is 0.625. The van der Waals surface area contributed by atoms with Crippen molar-refractivity contribution in [2.45, 2.75) is 51.5 Å². The van der Waals surface area contributed by atoms with Gasteiger partial charge in [-0.3, -0.25) is 14.9 Å². The molecule has 3 aliphatic rings. The van der Waals surface area contributed by atoms with E-state index in [0.717, 1.165) is 36.4 Å². The van der Waals surface area contributed by atoms with Gasteiger partial charge in [-0.25, -0.2) is 9.87 Å². The van der Waals surface area contributed by atoms with Crippen molar-refractivity contribution < 1.29 is 14.4 Å². The van der Waals surface area contributed by atoms with Crippen LogP contribution in [0, 0.1) is 23.2 Å². The molecule has 3 saturated carbocycles. The second-order valence-electron chi connectivity index (χ2n) is 9.60. The van der Waals surface area contributed by atoms with Gasteiger partial charge in [0.25, 0.3) is 5.91 Å². The van der Waals surface area contributed by atoms with Crippen molar-refractivity contribution in [2.75, 3.05) is 19.8 Å². The minimum atomic E-state index is -0.547. The molecule has 0 radical (unpaired) electrons. The van der Waals surface area contributed by atoms with E-state index >= 15 is 0 Å². The highest BCUT2D eigenvalue weighted by molar-refractivity contribution is 5.90. The summed E-state index contributed by atoms with van der Waals surface area (Å²) < 4.78 is 13.3. The van der Waals surface area contributed by atoms with Gasteiger partial charge in [-0.1, -0.05) is 30.7 Å². The molecular weight excluding hydrogens is 367 g/mol. The minimum absolute atomic E-state index is 0.303. The molecule has 3 fully saturated rings. The number of amides is 1. The molecule has 0 aromatic heterocycles. The van der Waals surface area contributed by atoms with Gasteiger partial charge in [-0.2, -0.15) is 0 Å². The van der Waals surface area contributed by atoms with E-state index in [-0.39, 0.29) is 6.67 Å². The van der Waals surface area contributed by atoms with Crippen LogP contribution >= 0.6 is 0 Å². The lowest BCUT2D eigenvalue weighted by molar-refractivity contribution is -0.124. The molecule has 3 aliphatic carbocycles.